The molecule has 0 radical (unpaired) electrons. The number of nitrogens with one attached hydrogen (secondary N) is 2. The first-order valence-electron chi connectivity index (χ1n) is 6.95. The van der Waals surface area contributed by atoms with Crippen LogP contribution >= 0.6 is 0 Å². The molecule has 0 saturated heterocycles. The van der Waals surface area contributed by atoms with Crippen molar-refractivity contribution < 1.29 is 19.1 Å². The van der Waals surface area contributed by atoms with Gasteiger partial charge in [0.1, 0.15) is 6.04 Å². The molecule has 2 rings (SSSR count). The summed E-state index contributed by atoms with van der Waals surface area (Å²) in [6.45, 7) is 1.68. The van der Waals surface area contributed by atoms with Gasteiger partial charge in [0.15, 0.2) is 5.76 Å². The highest BCUT2D eigenvalue weighted by atomic mass is 16.3. The van der Waals surface area contributed by atoms with Crippen molar-refractivity contribution in [3.8, 4) is 0 Å². The third kappa shape index (κ3) is 4.20. The van der Waals surface area contributed by atoms with E-state index in [-0.39, 0.29) is 18.3 Å². The normalized spacial score (nSPS) is 11.7. The van der Waals surface area contributed by atoms with Crippen LogP contribution in [0, 0.1) is 0 Å². The molecule has 0 spiro atoms. The molecule has 0 aliphatic carbocycles. The number of aliphatic hydroxyl groups excluding tert-OH is 1. The Balaban J connectivity index is 1.89. The van der Waals surface area contributed by atoms with Crippen LogP contribution in [0.5, 0.6) is 0 Å². The standard InChI is InChI=1S/C16H18N2O4/c1-11(17-16(21)14-3-2-10-22-14)15(20)18-13-6-4-12(5-7-13)8-9-19/h2-7,10-11,19H,8-9H2,1H3,(H,17,21)(H,18,20). The van der Waals surface area contributed by atoms with Gasteiger partial charge in [-0.2, -0.15) is 0 Å². The fourth-order valence-electron chi connectivity index (χ4n) is 1.88. The Hall–Kier alpha value is -2.60. The first-order chi connectivity index (χ1) is 10.6. The molecule has 1 atom stereocenters. The number of hydrogen-bond acceptors (Lipinski definition) is 4. The smallest absolute Gasteiger partial charge is 0.287 e. The summed E-state index contributed by atoms with van der Waals surface area (Å²) in [4.78, 5) is 23.8. The maximum Gasteiger partial charge on any atom is 0.287 e. The van der Waals surface area contributed by atoms with E-state index in [1.54, 1.807) is 25.1 Å². The van der Waals surface area contributed by atoms with Crippen LogP contribution in [0.25, 0.3) is 0 Å². The van der Waals surface area contributed by atoms with Crippen LogP contribution in [-0.2, 0) is 11.2 Å². The van der Waals surface area contributed by atoms with Gasteiger partial charge < -0.3 is 20.2 Å². The zero-order valence-corrected chi connectivity index (χ0v) is 12.2. The monoisotopic (exact) mass is 302 g/mol. The quantitative estimate of drug-likeness (QED) is 0.755. The van der Waals surface area contributed by atoms with E-state index in [4.69, 9.17) is 9.52 Å². The summed E-state index contributed by atoms with van der Waals surface area (Å²) in [5, 5.41) is 14.1. The van der Waals surface area contributed by atoms with E-state index < -0.39 is 11.9 Å². The first-order valence-corrected chi connectivity index (χ1v) is 6.95. The van der Waals surface area contributed by atoms with Crippen LogP contribution in [0.2, 0.25) is 0 Å². The molecule has 0 bridgehead atoms. The summed E-state index contributed by atoms with van der Waals surface area (Å²) in [5.74, 6) is -0.603. The maximum absolute atomic E-state index is 12.0. The fraction of sp³-hybridized carbons (Fsp3) is 0.250. The van der Waals surface area contributed by atoms with Gasteiger partial charge in [0.2, 0.25) is 5.91 Å². The number of carbonyl (C=O) groups excluding carboxylic acids is 2. The molecule has 2 amide bonds. The van der Waals surface area contributed by atoms with E-state index >= 15 is 0 Å². The lowest BCUT2D eigenvalue weighted by molar-refractivity contribution is -0.117. The third-order valence-corrected chi connectivity index (χ3v) is 3.11. The van der Waals surface area contributed by atoms with E-state index in [0.29, 0.717) is 12.1 Å². The van der Waals surface area contributed by atoms with Gasteiger partial charge in [-0.15, -0.1) is 0 Å². The highest BCUT2D eigenvalue weighted by molar-refractivity contribution is 5.99. The van der Waals surface area contributed by atoms with Crippen LogP contribution in [0.15, 0.2) is 47.1 Å². The second-order valence-electron chi connectivity index (χ2n) is 4.83. The topological polar surface area (TPSA) is 91.6 Å². The van der Waals surface area contributed by atoms with Gasteiger partial charge >= 0.3 is 0 Å². The summed E-state index contributed by atoms with van der Waals surface area (Å²) < 4.78 is 4.97. The lowest BCUT2D eigenvalue weighted by Crippen LogP contribution is -2.41. The van der Waals surface area contributed by atoms with Crippen molar-refractivity contribution in [3.63, 3.8) is 0 Å². The molecule has 0 aliphatic heterocycles. The zero-order valence-electron chi connectivity index (χ0n) is 12.2. The predicted octanol–water partition coefficient (Wildman–Crippen LogP) is 1.57. The van der Waals surface area contributed by atoms with Crippen LogP contribution in [0.4, 0.5) is 5.69 Å². The summed E-state index contributed by atoms with van der Waals surface area (Å²) in [6.07, 6.45) is 1.97. The van der Waals surface area contributed by atoms with Gasteiger partial charge in [-0.3, -0.25) is 9.59 Å². The molecule has 116 valence electrons. The summed E-state index contributed by atoms with van der Waals surface area (Å²) >= 11 is 0. The van der Waals surface area contributed by atoms with Crippen LogP contribution in [0.1, 0.15) is 23.0 Å². The molecule has 1 aromatic heterocycles. The minimum absolute atomic E-state index is 0.0849. The molecule has 0 saturated carbocycles. The van der Waals surface area contributed by atoms with E-state index in [1.165, 1.54) is 12.3 Å². The Morgan fingerprint density at radius 3 is 2.55 bits per heavy atom. The lowest BCUT2D eigenvalue weighted by atomic mass is 10.1. The van der Waals surface area contributed by atoms with Crippen LogP contribution in [0.3, 0.4) is 0 Å². The molecular formula is C16H18N2O4. The number of furan rings is 1. The van der Waals surface area contributed by atoms with Gasteiger partial charge in [-0.25, -0.2) is 0 Å². The number of hydrogen-bond donors (Lipinski definition) is 3. The van der Waals surface area contributed by atoms with Gasteiger partial charge in [0.05, 0.1) is 6.26 Å². The summed E-state index contributed by atoms with van der Waals surface area (Å²) in [7, 11) is 0. The number of rotatable bonds is 6. The number of amides is 2. The second kappa shape index (κ2) is 7.42. The Bertz CT molecular complexity index is 620. The van der Waals surface area contributed by atoms with Gasteiger partial charge in [0, 0.05) is 12.3 Å². The maximum atomic E-state index is 12.0. The Kier molecular flexibility index (Phi) is 5.32. The molecule has 6 nitrogen and oxygen atoms in total. The summed E-state index contributed by atoms with van der Waals surface area (Å²) in [6, 6.07) is 9.60. The van der Waals surface area contributed by atoms with E-state index in [1.807, 2.05) is 12.1 Å². The van der Waals surface area contributed by atoms with Crippen LogP contribution in [-0.4, -0.2) is 29.6 Å². The van der Waals surface area contributed by atoms with E-state index in [2.05, 4.69) is 10.6 Å². The minimum atomic E-state index is -0.699. The molecule has 22 heavy (non-hydrogen) atoms. The lowest BCUT2D eigenvalue weighted by Gasteiger charge is -2.13. The number of aliphatic hydroxyl groups is 1. The van der Waals surface area contributed by atoms with Crippen LogP contribution < -0.4 is 10.6 Å². The Labute approximate surface area is 128 Å². The number of benzene rings is 1. The Morgan fingerprint density at radius 2 is 1.95 bits per heavy atom. The fourth-order valence-corrected chi connectivity index (χ4v) is 1.88. The van der Waals surface area contributed by atoms with Crippen molar-refractivity contribution in [2.45, 2.75) is 19.4 Å². The highest BCUT2D eigenvalue weighted by Crippen LogP contribution is 2.10. The number of carbonyl (C=O) groups is 2. The molecule has 6 heteroatoms. The van der Waals surface area contributed by atoms with Gasteiger partial charge in [-0.1, -0.05) is 12.1 Å². The zero-order chi connectivity index (χ0) is 15.9. The van der Waals surface area contributed by atoms with Crippen molar-refractivity contribution in [2.75, 3.05) is 11.9 Å². The minimum Gasteiger partial charge on any atom is -0.459 e. The SMILES string of the molecule is CC(NC(=O)c1ccco1)C(=O)Nc1ccc(CCO)cc1. The highest BCUT2D eigenvalue weighted by Gasteiger charge is 2.18. The third-order valence-electron chi connectivity index (χ3n) is 3.11. The molecule has 0 aliphatic rings. The van der Waals surface area contributed by atoms with Crippen molar-refractivity contribution in [3.05, 3.63) is 54.0 Å². The number of anilines is 1. The van der Waals surface area contributed by atoms with Gasteiger partial charge in [-0.05, 0) is 43.2 Å². The van der Waals surface area contributed by atoms with Gasteiger partial charge in [0.25, 0.3) is 5.91 Å². The van der Waals surface area contributed by atoms with Crippen molar-refractivity contribution in [1.29, 1.82) is 0 Å². The molecule has 1 heterocycles. The van der Waals surface area contributed by atoms with Crippen molar-refractivity contribution in [2.24, 2.45) is 0 Å². The first kappa shape index (κ1) is 15.8. The van der Waals surface area contributed by atoms with E-state index in [0.717, 1.165) is 5.56 Å². The Morgan fingerprint density at radius 1 is 1.23 bits per heavy atom. The average Bonchev–Trinajstić information content (AvgIpc) is 3.04. The molecule has 3 N–H and O–H groups in total. The second-order valence-corrected chi connectivity index (χ2v) is 4.83. The van der Waals surface area contributed by atoms with Crippen molar-refractivity contribution in [1.82, 2.24) is 5.32 Å². The molecule has 1 aromatic carbocycles. The van der Waals surface area contributed by atoms with E-state index in [9.17, 15) is 9.59 Å². The largest absolute Gasteiger partial charge is 0.459 e. The molecule has 0 fully saturated rings. The molecule has 1 unspecified atom stereocenters. The molecular weight excluding hydrogens is 284 g/mol. The molecule has 2 aromatic rings. The predicted molar refractivity (Wildman–Crippen MR) is 81.5 cm³/mol. The summed E-state index contributed by atoms with van der Waals surface area (Å²) in [5.41, 5.74) is 1.62. The average molecular weight is 302 g/mol. The van der Waals surface area contributed by atoms with Crippen molar-refractivity contribution >= 4 is 17.5 Å².